The maximum absolute atomic E-state index is 12.8. The topological polar surface area (TPSA) is 104 Å². The Kier molecular flexibility index (Phi) is 6.66. The average molecular weight is 444 g/mol. The molecule has 3 aromatic rings. The molecule has 30 heavy (non-hydrogen) atoms. The van der Waals surface area contributed by atoms with Crippen molar-refractivity contribution in [1.82, 2.24) is 4.72 Å². The molecule has 0 aliphatic carbocycles. The van der Waals surface area contributed by atoms with E-state index in [2.05, 4.69) is 15.4 Å². The van der Waals surface area contributed by atoms with Crippen LogP contribution in [-0.2, 0) is 10.0 Å². The summed E-state index contributed by atoms with van der Waals surface area (Å²) in [6.45, 7) is 3.67. The Hall–Kier alpha value is -3.01. The van der Waals surface area contributed by atoms with E-state index < -0.39 is 15.9 Å². The molecule has 3 N–H and O–H groups in total. The molecule has 0 aliphatic rings. The first-order chi connectivity index (χ1) is 14.3. The Morgan fingerprint density at radius 1 is 0.933 bits per heavy atom. The fourth-order valence-corrected chi connectivity index (χ4v) is 4.45. The van der Waals surface area contributed by atoms with Gasteiger partial charge in [-0.05, 0) is 54.3 Å². The molecule has 3 rings (SSSR count). The van der Waals surface area contributed by atoms with Gasteiger partial charge in [0.15, 0.2) is 0 Å². The van der Waals surface area contributed by atoms with Crippen molar-refractivity contribution in [2.45, 2.75) is 18.7 Å². The van der Waals surface area contributed by atoms with Crippen LogP contribution < -0.4 is 15.4 Å². The molecule has 1 heterocycles. The minimum Gasteiger partial charge on any atom is -0.322 e. The lowest BCUT2D eigenvalue weighted by Gasteiger charge is -2.12. The predicted molar refractivity (Wildman–Crippen MR) is 119 cm³/mol. The molecule has 0 atom stereocenters. The van der Waals surface area contributed by atoms with Gasteiger partial charge in [-0.1, -0.05) is 25.1 Å². The molecule has 0 saturated heterocycles. The van der Waals surface area contributed by atoms with Crippen LogP contribution in [0.5, 0.6) is 0 Å². The van der Waals surface area contributed by atoms with Gasteiger partial charge < -0.3 is 10.6 Å². The molecule has 2 amide bonds. The third kappa shape index (κ3) is 5.12. The van der Waals surface area contributed by atoms with Crippen molar-refractivity contribution >= 4 is 44.5 Å². The second-order valence-electron chi connectivity index (χ2n) is 6.44. The Morgan fingerprint density at radius 3 is 2.27 bits per heavy atom. The third-order valence-electron chi connectivity index (χ3n) is 4.22. The Balaban J connectivity index is 1.79. The zero-order chi connectivity index (χ0) is 21.7. The molecule has 0 radical (unpaired) electrons. The number of hydrogen-bond donors (Lipinski definition) is 3. The maximum Gasteiger partial charge on any atom is 0.265 e. The van der Waals surface area contributed by atoms with Crippen LogP contribution in [0.4, 0.5) is 11.4 Å². The van der Waals surface area contributed by atoms with Crippen molar-refractivity contribution in [1.29, 1.82) is 0 Å². The molecule has 1 aromatic heterocycles. The van der Waals surface area contributed by atoms with Gasteiger partial charge in [-0.15, -0.1) is 11.3 Å². The van der Waals surface area contributed by atoms with E-state index in [1.807, 2.05) is 5.38 Å². The molecule has 0 saturated carbocycles. The van der Waals surface area contributed by atoms with E-state index in [9.17, 15) is 18.0 Å². The molecule has 0 bridgehead atoms. The van der Waals surface area contributed by atoms with E-state index in [-0.39, 0.29) is 22.9 Å². The smallest absolute Gasteiger partial charge is 0.265 e. The second-order valence-corrected chi connectivity index (χ2v) is 9.16. The minimum atomic E-state index is -3.67. The van der Waals surface area contributed by atoms with Gasteiger partial charge in [0.05, 0.1) is 9.77 Å². The molecule has 0 unspecified atom stereocenters. The summed E-state index contributed by atoms with van der Waals surface area (Å²) >= 11 is 1.33. The van der Waals surface area contributed by atoms with Crippen LogP contribution in [0.15, 0.2) is 64.9 Å². The summed E-state index contributed by atoms with van der Waals surface area (Å²) in [5.41, 5.74) is 1.90. The number of sulfonamides is 1. The highest BCUT2D eigenvalue weighted by Gasteiger charge is 2.17. The fourth-order valence-electron chi connectivity index (χ4n) is 2.76. The Bertz CT molecular complexity index is 1170. The van der Waals surface area contributed by atoms with E-state index in [0.717, 1.165) is 0 Å². The van der Waals surface area contributed by atoms with Crippen molar-refractivity contribution in [3.63, 3.8) is 0 Å². The molecule has 2 aromatic carbocycles. The van der Waals surface area contributed by atoms with E-state index in [0.29, 0.717) is 21.8 Å². The van der Waals surface area contributed by atoms with Crippen molar-refractivity contribution in [2.75, 3.05) is 17.2 Å². The average Bonchev–Trinajstić information content (AvgIpc) is 3.23. The highest BCUT2D eigenvalue weighted by atomic mass is 32.2. The standard InChI is InChI=1S/C21H21N3O4S2/c1-3-22-30(27,28)17-10-9-14(2)18(13-17)20(25)23-15-6-4-7-16(12-15)24-21(26)19-8-5-11-29-19/h4-13,22H,3H2,1-2H3,(H,23,25)(H,24,26). The molecular formula is C21H21N3O4S2. The number of carbonyl (C=O) groups is 2. The number of nitrogens with one attached hydrogen (secondary N) is 3. The fraction of sp³-hybridized carbons (Fsp3) is 0.143. The maximum atomic E-state index is 12.8. The highest BCUT2D eigenvalue weighted by molar-refractivity contribution is 7.89. The number of hydrogen-bond acceptors (Lipinski definition) is 5. The van der Waals surface area contributed by atoms with Crippen LogP contribution in [0.3, 0.4) is 0 Å². The number of carbonyl (C=O) groups excluding carboxylic acids is 2. The lowest BCUT2D eigenvalue weighted by molar-refractivity contribution is 0.102. The van der Waals surface area contributed by atoms with Crippen molar-refractivity contribution in [2.24, 2.45) is 0 Å². The molecule has 7 nitrogen and oxygen atoms in total. The van der Waals surface area contributed by atoms with Crippen molar-refractivity contribution < 1.29 is 18.0 Å². The summed E-state index contributed by atoms with van der Waals surface area (Å²) in [5, 5.41) is 7.36. The van der Waals surface area contributed by atoms with Crippen LogP contribution in [-0.4, -0.2) is 26.8 Å². The first-order valence-electron chi connectivity index (χ1n) is 9.17. The first kappa shape index (κ1) is 21.7. The number of amides is 2. The predicted octanol–water partition coefficient (Wildman–Crippen LogP) is 3.86. The van der Waals surface area contributed by atoms with Gasteiger partial charge in [0.1, 0.15) is 0 Å². The molecule has 0 aliphatic heterocycles. The van der Waals surface area contributed by atoms with Gasteiger partial charge in [0.2, 0.25) is 10.0 Å². The van der Waals surface area contributed by atoms with Gasteiger partial charge in [-0.25, -0.2) is 13.1 Å². The molecule has 0 fully saturated rings. The summed E-state index contributed by atoms with van der Waals surface area (Å²) in [4.78, 5) is 25.6. The SMILES string of the molecule is CCNS(=O)(=O)c1ccc(C)c(C(=O)Nc2cccc(NC(=O)c3cccs3)c2)c1. The zero-order valence-corrected chi connectivity index (χ0v) is 18.1. The van der Waals surface area contributed by atoms with Gasteiger partial charge in [-0.3, -0.25) is 9.59 Å². The molecule has 0 spiro atoms. The minimum absolute atomic E-state index is 0.0251. The molecule has 9 heteroatoms. The van der Waals surface area contributed by atoms with Crippen LogP contribution in [0.1, 0.15) is 32.5 Å². The number of benzene rings is 2. The lowest BCUT2D eigenvalue weighted by Crippen LogP contribution is -2.24. The van der Waals surface area contributed by atoms with E-state index in [4.69, 9.17) is 0 Å². The summed E-state index contributed by atoms with van der Waals surface area (Å²) in [6.07, 6.45) is 0. The second kappa shape index (κ2) is 9.21. The summed E-state index contributed by atoms with van der Waals surface area (Å²) in [6, 6.07) is 14.7. The van der Waals surface area contributed by atoms with Crippen LogP contribution >= 0.6 is 11.3 Å². The van der Waals surface area contributed by atoms with Crippen LogP contribution in [0, 0.1) is 6.92 Å². The molecular weight excluding hydrogens is 422 g/mol. The van der Waals surface area contributed by atoms with Gasteiger partial charge in [0.25, 0.3) is 11.8 Å². The number of rotatable bonds is 7. The monoisotopic (exact) mass is 443 g/mol. The first-order valence-corrected chi connectivity index (χ1v) is 11.5. The number of aryl methyl sites for hydroxylation is 1. The van der Waals surface area contributed by atoms with Crippen LogP contribution in [0.25, 0.3) is 0 Å². The zero-order valence-electron chi connectivity index (χ0n) is 16.4. The Morgan fingerprint density at radius 2 is 1.63 bits per heavy atom. The number of thiophene rings is 1. The summed E-state index contributed by atoms with van der Waals surface area (Å²) < 4.78 is 26.9. The van der Waals surface area contributed by atoms with Crippen molar-refractivity contribution in [3.05, 3.63) is 76.0 Å². The third-order valence-corrected chi connectivity index (χ3v) is 6.63. The summed E-state index contributed by atoms with van der Waals surface area (Å²) in [5.74, 6) is -0.673. The van der Waals surface area contributed by atoms with Gasteiger partial charge in [-0.2, -0.15) is 0 Å². The van der Waals surface area contributed by atoms with Crippen LogP contribution in [0.2, 0.25) is 0 Å². The normalized spacial score (nSPS) is 11.1. The van der Waals surface area contributed by atoms with E-state index in [1.165, 1.54) is 23.5 Å². The van der Waals surface area contributed by atoms with E-state index in [1.54, 1.807) is 56.3 Å². The van der Waals surface area contributed by atoms with Crippen molar-refractivity contribution in [3.8, 4) is 0 Å². The van der Waals surface area contributed by atoms with Gasteiger partial charge in [0, 0.05) is 23.5 Å². The quantitative estimate of drug-likeness (QED) is 0.516. The number of anilines is 2. The molecule has 156 valence electrons. The highest BCUT2D eigenvalue weighted by Crippen LogP contribution is 2.20. The summed E-state index contributed by atoms with van der Waals surface area (Å²) in [7, 11) is -3.67. The largest absolute Gasteiger partial charge is 0.322 e. The Labute approximate surface area is 179 Å². The van der Waals surface area contributed by atoms with E-state index >= 15 is 0 Å². The lowest BCUT2D eigenvalue weighted by atomic mass is 10.1. The van der Waals surface area contributed by atoms with Gasteiger partial charge >= 0.3 is 0 Å².